The Bertz CT molecular complexity index is 1050. The molecule has 0 bridgehead atoms. The second kappa shape index (κ2) is 9.38. The van der Waals surface area contributed by atoms with Crippen LogP contribution in [-0.2, 0) is 0 Å². The van der Waals surface area contributed by atoms with E-state index < -0.39 is 0 Å². The molecule has 2 N–H and O–H groups in total. The van der Waals surface area contributed by atoms with Gasteiger partial charge in [-0.25, -0.2) is 9.67 Å². The van der Waals surface area contributed by atoms with E-state index in [9.17, 15) is 0 Å². The van der Waals surface area contributed by atoms with Crippen molar-refractivity contribution in [3.05, 3.63) is 41.3 Å². The van der Waals surface area contributed by atoms with Gasteiger partial charge in [-0.1, -0.05) is 24.1 Å². The lowest BCUT2D eigenvalue weighted by atomic mass is 9.83. The third-order valence-corrected chi connectivity index (χ3v) is 6.84. The van der Waals surface area contributed by atoms with Crippen molar-refractivity contribution in [3.8, 4) is 5.69 Å². The number of nitrogens with one attached hydrogen (secondary N) is 2. The van der Waals surface area contributed by atoms with Gasteiger partial charge in [0.05, 0.1) is 11.9 Å². The van der Waals surface area contributed by atoms with Crippen LogP contribution in [0.15, 0.2) is 30.7 Å². The first-order chi connectivity index (χ1) is 15.7. The van der Waals surface area contributed by atoms with Crippen LogP contribution < -0.4 is 10.6 Å². The molecule has 5 rings (SSSR count). The molecule has 0 amide bonds. The molecule has 0 spiro atoms. The zero-order valence-electron chi connectivity index (χ0n) is 18.2. The molecule has 2 aliphatic heterocycles. The largest absolute Gasteiger partial charge is 0.368 e. The van der Waals surface area contributed by atoms with Crippen molar-refractivity contribution in [1.29, 1.82) is 0 Å². The third kappa shape index (κ3) is 4.54. The summed E-state index contributed by atoms with van der Waals surface area (Å²) in [5, 5.41) is 18.7. The van der Waals surface area contributed by atoms with Gasteiger partial charge in [-0.3, -0.25) is 0 Å². The number of aryl methyl sites for hydroxylation is 1. The van der Waals surface area contributed by atoms with Crippen LogP contribution in [0.2, 0.25) is 5.02 Å². The monoisotopic (exact) mass is 453 g/mol. The molecular formula is C22H28ClN9. The number of piperidine rings is 2. The molecule has 168 valence electrons. The Balaban J connectivity index is 1.28. The average Bonchev–Trinajstić information content (AvgIpc) is 3.35. The Hall–Kier alpha value is -2.78. The fourth-order valence-corrected chi connectivity index (χ4v) is 5.09. The van der Waals surface area contributed by atoms with Gasteiger partial charge < -0.3 is 15.5 Å². The highest BCUT2D eigenvalue weighted by molar-refractivity contribution is 6.32. The van der Waals surface area contributed by atoms with E-state index in [1.807, 2.05) is 25.1 Å². The lowest BCUT2D eigenvalue weighted by molar-refractivity contribution is 0.0649. The number of benzene rings is 1. The van der Waals surface area contributed by atoms with Crippen molar-refractivity contribution in [3.63, 3.8) is 0 Å². The quantitative estimate of drug-likeness (QED) is 0.581. The van der Waals surface area contributed by atoms with Crippen LogP contribution in [0.4, 0.5) is 17.5 Å². The number of tetrazole rings is 1. The summed E-state index contributed by atoms with van der Waals surface area (Å²) in [4.78, 5) is 11.7. The van der Waals surface area contributed by atoms with Gasteiger partial charge in [0.25, 0.3) is 0 Å². The second-order valence-electron chi connectivity index (χ2n) is 8.65. The first-order valence-electron chi connectivity index (χ1n) is 11.3. The van der Waals surface area contributed by atoms with Gasteiger partial charge in [0.1, 0.15) is 11.3 Å². The number of hydrogen-bond acceptors (Lipinski definition) is 8. The van der Waals surface area contributed by atoms with Gasteiger partial charge in [0.2, 0.25) is 5.95 Å². The molecule has 2 unspecified atom stereocenters. The van der Waals surface area contributed by atoms with E-state index in [2.05, 4.69) is 41.0 Å². The molecule has 2 saturated heterocycles. The van der Waals surface area contributed by atoms with E-state index in [1.165, 1.54) is 45.2 Å². The highest BCUT2D eigenvalue weighted by atomic mass is 35.5. The van der Waals surface area contributed by atoms with Crippen molar-refractivity contribution >= 4 is 29.1 Å². The minimum atomic E-state index is 0.492. The van der Waals surface area contributed by atoms with E-state index in [4.69, 9.17) is 11.6 Å². The Morgan fingerprint density at radius 2 is 2.06 bits per heavy atom. The zero-order valence-corrected chi connectivity index (χ0v) is 19.0. The molecule has 0 aliphatic carbocycles. The molecule has 2 aromatic heterocycles. The number of nitrogens with zero attached hydrogens (tertiary/aromatic N) is 7. The Morgan fingerprint density at radius 1 is 1.16 bits per heavy atom. The van der Waals surface area contributed by atoms with Crippen LogP contribution >= 0.6 is 11.6 Å². The zero-order chi connectivity index (χ0) is 21.9. The number of hydrogen-bond donors (Lipinski definition) is 2. The lowest BCUT2D eigenvalue weighted by Gasteiger charge is -2.44. The Morgan fingerprint density at radius 3 is 2.94 bits per heavy atom. The van der Waals surface area contributed by atoms with Crippen molar-refractivity contribution in [2.24, 2.45) is 5.92 Å². The van der Waals surface area contributed by atoms with Crippen molar-refractivity contribution in [2.75, 3.05) is 30.3 Å². The summed E-state index contributed by atoms with van der Waals surface area (Å²) in [6.45, 7) is 5.38. The molecule has 2 atom stereocenters. The van der Waals surface area contributed by atoms with Crippen LogP contribution in [0, 0.1) is 12.8 Å². The molecule has 4 heterocycles. The standard InChI is InChI=1S/C22H28ClN9/c1-15-7-8-17(11-20(15)32-14-26-29-30-32)27-22-25-13-18(23)21(28-22)24-12-16-5-4-10-31-9-3-2-6-19(16)31/h7-8,11,13-14,16,19H,2-6,9-10,12H2,1H3,(H2,24,25,27,28). The Labute approximate surface area is 192 Å². The first kappa shape index (κ1) is 21.1. The smallest absolute Gasteiger partial charge is 0.229 e. The fourth-order valence-electron chi connectivity index (χ4n) is 4.93. The van der Waals surface area contributed by atoms with Gasteiger partial charge >= 0.3 is 0 Å². The van der Waals surface area contributed by atoms with Crippen LogP contribution in [-0.4, -0.2) is 60.8 Å². The van der Waals surface area contributed by atoms with Gasteiger partial charge in [-0.2, -0.15) is 4.98 Å². The summed E-state index contributed by atoms with van der Waals surface area (Å²) in [5.41, 5.74) is 2.80. The lowest BCUT2D eigenvalue weighted by Crippen LogP contribution is -2.49. The van der Waals surface area contributed by atoms with Crippen molar-refractivity contribution in [1.82, 2.24) is 35.1 Å². The van der Waals surface area contributed by atoms with Gasteiger partial charge in [-0.05, 0) is 79.7 Å². The van der Waals surface area contributed by atoms with Crippen LogP contribution in [0.25, 0.3) is 5.69 Å². The molecule has 10 heteroatoms. The minimum Gasteiger partial charge on any atom is -0.368 e. The van der Waals surface area contributed by atoms with E-state index in [0.29, 0.717) is 28.7 Å². The fraction of sp³-hybridized carbons (Fsp3) is 0.500. The predicted octanol–water partition coefficient (Wildman–Crippen LogP) is 3.83. The van der Waals surface area contributed by atoms with Crippen LogP contribution in [0.1, 0.15) is 37.7 Å². The Kier molecular flexibility index (Phi) is 6.18. The van der Waals surface area contributed by atoms with Crippen LogP contribution in [0.3, 0.4) is 0 Å². The number of fused-ring (bicyclic) bond motifs is 1. The molecule has 32 heavy (non-hydrogen) atoms. The van der Waals surface area contributed by atoms with E-state index >= 15 is 0 Å². The van der Waals surface area contributed by atoms with Crippen molar-refractivity contribution in [2.45, 2.75) is 45.1 Å². The maximum atomic E-state index is 6.42. The molecular weight excluding hydrogens is 426 g/mol. The number of halogens is 1. The van der Waals surface area contributed by atoms with E-state index in [-0.39, 0.29) is 0 Å². The van der Waals surface area contributed by atoms with E-state index in [0.717, 1.165) is 23.5 Å². The number of rotatable bonds is 6. The van der Waals surface area contributed by atoms with Crippen LogP contribution in [0.5, 0.6) is 0 Å². The predicted molar refractivity (Wildman–Crippen MR) is 125 cm³/mol. The third-order valence-electron chi connectivity index (χ3n) is 6.57. The normalized spacial score (nSPS) is 21.2. The number of anilines is 3. The average molecular weight is 454 g/mol. The highest BCUT2D eigenvalue weighted by Gasteiger charge is 2.32. The summed E-state index contributed by atoms with van der Waals surface area (Å²) in [7, 11) is 0. The minimum absolute atomic E-state index is 0.492. The summed E-state index contributed by atoms with van der Waals surface area (Å²) < 4.78 is 1.63. The molecule has 0 saturated carbocycles. The maximum absolute atomic E-state index is 6.42. The summed E-state index contributed by atoms with van der Waals surface area (Å²) in [5.74, 6) is 1.79. The topological polar surface area (TPSA) is 96.7 Å². The summed E-state index contributed by atoms with van der Waals surface area (Å²) in [6.07, 6.45) is 9.71. The van der Waals surface area contributed by atoms with Gasteiger partial charge in [0, 0.05) is 18.3 Å². The molecule has 2 aliphatic rings. The number of aromatic nitrogens is 6. The molecule has 9 nitrogen and oxygen atoms in total. The summed E-state index contributed by atoms with van der Waals surface area (Å²) >= 11 is 6.42. The SMILES string of the molecule is Cc1ccc(Nc2ncc(Cl)c(NCC3CCCN4CCCCC34)n2)cc1-n1cnnn1. The van der Waals surface area contributed by atoms with Gasteiger partial charge in [0.15, 0.2) is 5.82 Å². The molecule has 3 aromatic rings. The van der Waals surface area contributed by atoms with Gasteiger partial charge in [-0.15, -0.1) is 5.10 Å². The summed E-state index contributed by atoms with van der Waals surface area (Å²) in [6, 6.07) is 6.64. The van der Waals surface area contributed by atoms with Crippen molar-refractivity contribution < 1.29 is 0 Å². The molecule has 0 radical (unpaired) electrons. The maximum Gasteiger partial charge on any atom is 0.229 e. The highest BCUT2D eigenvalue weighted by Crippen LogP contribution is 2.31. The first-order valence-corrected chi connectivity index (χ1v) is 11.7. The van der Waals surface area contributed by atoms with E-state index in [1.54, 1.807) is 17.2 Å². The second-order valence-corrected chi connectivity index (χ2v) is 9.06. The molecule has 1 aromatic carbocycles. The molecule has 2 fully saturated rings.